The predicted octanol–water partition coefficient (Wildman–Crippen LogP) is 3.52. The Hall–Kier alpha value is -1.61. The van der Waals surface area contributed by atoms with Gasteiger partial charge in [-0.2, -0.15) is 0 Å². The van der Waals surface area contributed by atoms with Crippen molar-refractivity contribution in [1.29, 1.82) is 0 Å². The molecule has 2 aromatic rings. The summed E-state index contributed by atoms with van der Waals surface area (Å²) in [7, 11) is 0. The van der Waals surface area contributed by atoms with Gasteiger partial charge in [0, 0.05) is 10.0 Å². The van der Waals surface area contributed by atoms with Crippen molar-refractivity contribution in [1.82, 2.24) is 0 Å². The molecule has 0 atom stereocenters. The highest BCUT2D eigenvalue weighted by molar-refractivity contribution is 9.10. The molecule has 2 nitrogen and oxygen atoms in total. The molecule has 0 fully saturated rings. The number of hydrogen-bond donors (Lipinski definition) is 1. The first-order valence-corrected chi connectivity index (χ1v) is 6.04. The molecule has 0 radical (unpaired) electrons. The van der Waals surface area contributed by atoms with Crippen LogP contribution in [0.2, 0.25) is 0 Å². The number of carbonyl (C=O) groups is 1. The Balaban J connectivity index is 2.64. The third-order valence-corrected chi connectivity index (χ3v) is 3.26. The highest BCUT2D eigenvalue weighted by Gasteiger charge is 2.11. The van der Waals surface area contributed by atoms with Gasteiger partial charge in [-0.05, 0) is 35.7 Å². The second-order valence-corrected chi connectivity index (χ2v) is 4.75. The van der Waals surface area contributed by atoms with Gasteiger partial charge in [-0.3, -0.25) is 4.79 Å². The summed E-state index contributed by atoms with van der Waals surface area (Å²) in [4.78, 5) is 11.4. The quantitative estimate of drug-likeness (QED) is 0.903. The van der Waals surface area contributed by atoms with E-state index in [4.69, 9.17) is 5.73 Å². The van der Waals surface area contributed by atoms with E-state index in [1.54, 1.807) is 6.07 Å². The summed E-state index contributed by atoms with van der Waals surface area (Å²) in [5.41, 5.74) is 8.91. The van der Waals surface area contributed by atoms with Crippen molar-refractivity contribution in [3.8, 4) is 11.1 Å². The van der Waals surface area contributed by atoms with Gasteiger partial charge in [-0.15, -0.1) is 0 Å². The minimum absolute atomic E-state index is 0.409. The van der Waals surface area contributed by atoms with Crippen molar-refractivity contribution in [2.45, 2.75) is 6.92 Å². The van der Waals surface area contributed by atoms with Crippen LogP contribution in [0.4, 0.5) is 0 Å². The monoisotopic (exact) mass is 289 g/mol. The van der Waals surface area contributed by atoms with Gasteiger partial charge < -0.3 is 5.73 Å². The molecule has 0 aliphatic rings. The third-order valence-electron chi connectivity index (χ3n) is 2.61. The molecule has 0 aliphatic heterocycles. The average molecular weight is 290 g/mol. The molecule has 0 bridgehead atoms. The van der Waals surface area contributed by atoms with Crippen molar-refractivity contribution < 1.29 is 4.79 Å². The maximum atomic E-state index is 11.4. The highest BCUT2D eigenvalue weighted by Crippen LogP contribution is 2.31. The summed E-state index contributed by atoms with van der Waals surface area (Å²) in [6.45, 7) is 2.02. The van der Waals surface area contributed by atoms with Crippen LogP contribution >= 0.6 is 15.9 Å². The van der Waals surface area contributed by atoms with Crippen LogP contribution in [-0.4, -0.2) is 5.91 Å². The summed E-state index contributed by atoms with van der Waals surface area (Å²) in [6, 6.07) is 13.4. The summed E-state index contributed by atoms with van der Waals surface area (Å²) in [6.07, 6.45) is 0. The summed E-state index contributed by atoms with van der Waals surface area (Å²) < 4.78 is 0.964. The number of aryl methyl sites for hydroxylation is 1. The number of amides is 1. The van der Waals surface area contributed by atoms with E-state index in [1.165, 1.54) is 0 Å². The minimum Gasteiger partial charge on any atom is -0.366 e. The Morgan fingerprint density at radius 1 is 1.12 bits per heavy atom. The van der Waals surface area contributed by atoms with Crippen molar-refractivity contribution in [3.63, 3.8) is 0 Å². The van der Waals surface area contributed by atoms with Crippen LogP contribution in [0.25, 0.3) is 11.1 Å². The lowest BCUT2D eigenvalue weighted by Crippen LogP contribution is -2.12. The third kappa shape index (κ3) is 2.39. The molecule has 2 aromatic carbocycles. The molecule has 2 N–H and O–H groups in total. The zero-order valence-corrected chi connectivity index (χ0v) is 11.0. The van der Waals surface area contributed by atoms with E-state index in [2.05, 4.69) is 15.9 Å². The van der Waals surface area contributed by atoms with Gasteiger partial charge in [0.25, 0.3) is 0 Å². The Morgan fingerprint density at radius 2 is 1.82 bits per heavy atom. The fraction of sp³-hybridized carbons (Fsp3) is 0.0714. The van der Waals surface area contributed by atoms with E-state index in [-0.39, 0.29) is 0 Å². The van der Waals surface area contributed by atoms with Gasteiger partial charge in [-0.1, -0.05) is 46.3 Å². The molecular weight excluding hydrogens is 278 g/mol. The molecule has 0 unspecified atom stereocenters. The second kappa shape index (κ2) is 4.72. The normalized spacial score (nSPS) is 10.2. The Labute approximate surface area is 109 Å². The summed E-state index contributed by atoms with van der Waals surface area (Å²) in [5, 5.41) is 0. The predicted molar refractivity (Wildman–Crippen MR) is 72.8 cm³/mol. The van der Waals surface area contributed by atoms with Gasteiger partial charge in [0.1, 0.15) is 0 Å². The van der Waals surface area contributed by atoms with E-state index < -0.39 is 5.91 Å². The standard InChI is InChI=1S/C14H12BrNO/c1-9-6-7-11(13(15)8-9)10-4-2-3-5-12(10)14(16)17/h2-8H,1H3,(H2,16,17). The molecule has 0 aromatic heterocycles. The zero-order chi connectivity index (χ0) is 12.4. The van der Waals surface area contributed by atoms with E-state index in [0.29, 0.717) is 5.56 Å². The minimum atomic E-state index is -0.409. The highest BCUT2D eigenvalue weighted by atomic mass is 79.9. The van der Waals surface area contributed by atoms with Crippen LogP contribution in [0.3, 0.4) is 0 Å². The molecule has 0 saturated heterocycles. The van der Waals surface area contributed by atoms with Crippen LogP contribution in [0, 0.1) is 6.92 Å². The van der Waals surface area contributed by atoms with E-state index in [0.717, 1.165) is 21.2 Å². The van der Waals surface area contributed by atoms with E-state index in [1.807, 2.05) is 43.3 Å². The summed E-state index contributed by atoms with van der Waals surface area (Å²) in [5.74, 6) is -0.409. The summed E-state index contributed by atoms with van der Waals surface area (Å²) >= 11 is 3.51. The molecule has 0 saturated carbocycles. The number of halogens is 1. The molecule has 86 valence electrons. The fourth-order valence-corrected chi connectivity index (χ4v) is 2.48. The number of carbonyl (C=O) groups excluding carboxylic acids is 1. The number of nitrogens with two attached hydrogens (primary N) is 1. The Bertz CT molecular complexity index is 578. The van der Waals surface area contributed by atoms with Gasteiger partial charge >= 0.3 is 0 Å². The molecular formula is C14H12BrNO. The Morgan fingerprint density at radius 3 is 2.47 bits per heavy atom. The van der Waals surface area contributed by atoms with Gasteiger partial charge in [0.15, 0.2) is 0 Å². The SMILES string of the molecule is Cc1ccc(-c2ccccc2C(N)=O)c(Br)c1. The van der Waals surface area contributed by atoms with Crippen molar-refractivity contribution in [3.05, 3.63) is 58.1 Å². The first kappa shape index (κ1) is 11.9. The lowest BCUT2D eigenvalue weighted by Gasteiger charge is -2.09. The van der Waals surface area contributed by atoms with Crippen molar-refractivity contribution >= 4 is 21.8 Å². The number of rotatable bonds is 2. The van der Waals surface area contributed by atoms with E-state index >= 15 is 0 Å². The Kier molecular flexibility index (Phi) is 3.29. The van der Waals surface area contributed by atoms with Crippen molar-refractivity contribution in [2.75, 3.05) is 0 Å². The maximum absolute atomic E-state index is 11.4. The first-order valence-electron chi connectivity index (χ1n) is 5.25. The maximum Gasteiger partial charge on any atom is 0.249 e. The largest absolute Gasteiger partial charge is 0.366 e. The van der Waals surface area contributed by atoms with Crippen LogP contribution < -0.4 is 5.73 Å². The fourth-order valence-electron chi connectivity index (χ4n) is 1.77. The van der Waals surface area contributed by atoms with Gasteiger partial charge in [0.2, 0.25) is 5.91 Å². The number of benzene rings is 2. The van der Waals surface area contributed by atoms with Crippen molar-refractivity contribution in [2.24, 2.45) is 5.73 Å². The number of primary amides is 1. The first-order chi connectivity index (χ1) is 8.09. The van der Waals surface area contributed by atoms with Crippen LogP contribution in [0.5, 0.6) is 0 Å². The van der Waals surface area contributed by atoms with Crippen LogP contribution in [0.15, 0.2) is 46.9 Å². The van der Waals surface area contributed by atoms with Crippen LogP contribution in [0.1, 0.15) is 15.9 Å². The van der Waals surface area contributed by atoms with Crippen LogP contribution in [-0.2, 0) is 0 Å². The molecule has 3 heteroatoms. The lowest BCUT2D eigenvalue weighted by atomic mass is 9.98. The van der Waals surface area contributed by atoms with E-state index in [9.17, 15) is 4.79 Å². The molecule has 1 amide bonds. The molecule has 0 spiro atoms. The lowest BCUT2D eigenvalue weighted by molar-refractivity contribution is 0.100. The van der Waals surface area contributed by atoms with Gasteiger partial charge in [-0.25, -0.2) is 0 Å². The second-order valence-electron chi connectivity index (χ2n) is 3.89. The molecule has 0 heterocycles. The topological polar surface area (TPSA) is 43.1 Å². The average Bonchev–Trinajstić information content (AvgIpc) is 2.29. The molecule has 0 aliphatic carbocycles. The van der Waals surface area contributed by atoms with Gasteiger partial charge in [0.05, 0.1) is 0 Å². The zero-order valence-electron chi connectivity index (χ0n) is 9.41. The molecule has 17 heavy (non-hydrogen) atoms. The molecule has 2 rings (SSSR count). The number of hydrogen-bond acceptors (Lipinski definition) is 1. The smallest absolute Gasteiger partial charge is 0.249 e.